The average Bonchev–Trinajstić information content (AvgIpc) is 3.35. The maximum atomic E-state index is 12.9. The van der Waals surface area contributed by atoms with Gasteiger partial charge in [-0.15, -0.1) is 0 Å². The smallest absolute Gasteiger partial charge is 0.381 e. The quantitative estimate of drug-likeness (QED) is 0.528. The molecule has 1 atom stereocenters. The van der Waals surface area contributed by atoms with Gasteiger partial charge in [-0.2, -0.15) is 18.2 Å². The molecule has 0 aliphatic carbocycles. The molecule has 1 unspecified atom stereocenters. The van der Waals surface area contributed by atoms with Crippen molar-refractivity contribution in [3.8, 4) is 11.4 Å². The van der Waals surface area contributed by atoms with Gasteiger partial charge in [-0.05, 0) is 37.5 Å². The Hall–Kier alpha value is -3.24. The number of amides is 1. The van der Waals surface area contributed by atoms with E-state index in [9.17, 15) is 18.0 Å². The summed E-state index contributed by atoms with van der Waals surface area (Å²) in [7, 11) is 0. The highest BCUT2D eigenvalue weighted by atomic mass is 19.4. The summed E-state index contributed by atoms with van der Waals surface area (Å²) in [6.07, 6.45) is -3.27. The fourth-order valence-corrected chi connectivity index (χ4v) is 4.03. The van der Waals surface area contributed by atoms with Crippen LogP contribution in [-0.4, -0.2) is 41.3 Å². The van der Waals surface area contributed by atoms with E-state index < -0.39 is 12.1 Å². The first-order valence-electron chi connectivity index (χ1n) is 11.0. The molecular formula is C24H25F3N4O3. The monoisotopic (exact) mass is 474 g/mol. The molecule has 1 fully saturated rings. The number of rotatable bonds is 7. The molecule has 2 N–H and O–H groups in total. The highest BCUT2D eigenvalue weighted by Crippen LogP contribution is 2.30. The Bertz CT molecular complexity index is 1110. The lowest BCUT2D eigenvalue weighted by Crippen LogP contribution is -2.57. The Morgan fingerprint density at radius 2 is 1.85 bits per heavy atom. The minimum absolute atomic E-state index is 0.0700. The number of carbonyl (C=O) groups is 1. The van der Waals surface area contributed by atoms with Crippen molar-refractivity contribution in [1.29, 1.82) is 0 Å². The zero-order valence-electron chi connectivity index (χ0n) is 18.6. The molecule has 0 bridgehead atoms. The topological polar surface area (TPSA) is 89.3 Å². The standard InChI is InChI=1S/C24H25F3N4O3/c1-16(17-6-3-2-4-7-17)30-23(10-12-33-13-11-23)15-28-21(32)19-9-5-8-18(14-19)20-29-22(34-31-20)24(25,26)27/h2-9,14,16,30H,10-13,15H2,1H3,(H,28,32). The van der Waals surface area contributed by atoms with Crippen LogP contribution in [0.25, 0.3) is 11.4 Å². The third kappa shape index (κ3) is 5.63. The number of nitrogens with zero attached hydrogens (tertiary/aromatic N) is 2. The van der Waals surface area contributed by atoms with Crippen LogP contribution < -0.4 is 10.6 Å². The number of alkyl halides is 3. The number of hydrogen-bond donors (Lipinski definition) is 2. The van der Waals surface area contributed by atoms with Crippen molar-refractivity contribution in [3.63, 3.8) is 0 Å². The molecule has 0 radical (unpaired) electrons. The second-order valence-corrected chi connectivity index (χ2v) is 8.35. The van der Waals surface area contributed by atoms with Crippen LogP contribution >= 0.6 is 0 Å². The number of hydrogen-bond acceptors (Lipinski definition) is 6. The van der Waals surface area contributed by atoms with Gasteiger partial charge in [0.25, 0.3) is 5.91 Å². The van der Waals surface area contributed by atoms with E-state index in [1.165, 1.54) is 12.1 Å². The Labute approximate surface area is 194 Å². The first kappa shape index (κ1) is 23.9. The van der Waals surface area contributed by atoms with Gasteiger partial charge in [0.1, 0.15) is 0 Å². The average molecular weight is 474 g/mol. The zero-order chi connectivity index (χ0) is 24.2. The van der Waals surface area contributed by atoms with Crippen molar-refractivity contribution in [2.45, 2.75) is 37.5 Å². The van der Waals surface area contributed by atoms with Gasteiger partial charge in [0.2, 0.25) is 5.82 Å². The highest BCUT2D eigenvalue weighted by molar-refractivity contribution is 5.95. The Balaban J connectivity index is 1.46. The van der Waals surface area contributed by atoms with Crippen molar-refractivity contribution in [2.75, 3.05) is 19.8 Å². The van der Waals surface area contributed by atoms with Crippen LogP contribution in [0.3, 0.4) is 0 Å². The molecular weight excluding hydrogens is 449 g/mol. The SMILES string of the molecule is CC(NC1(CNC(=O)c2cccc(-c3noc(C(F)(F)F)n3)c2)CCOCC1)c1ccccc1. The van der Waals surface area contributed by atoms with Gasteiger partial charge in [0.15, 0.2) is 0 Å². The van der Waals surface area contributed by atoms with Crippen LogP contribution in [0.15, 0.2) is 59.1 Å². The summed E-state index contributed by atoms with van der Waals surface area (Å²) in [6.45, 7) is 3.62. The molecule has 180 valence electrons. The molecule has 34 heavy (non-hydrogen) atoms. The third-order valence-electron chi connectivity index (χ3n) is 5.91. The summed E-state index contributed by atoms with van der Waals surface area (Å²) < 4.78 is 48.1. The van der Waals surface area contributed by atoms with Gasteiger partial charge in [-0.1, -0.05) is 47.6 Å². The van der Waals surface area contributed by atoms with Crippen molar-refractivity contribution in [1.82, 2.24) is 20.8 Å². The van der Waals surface area contributed by atoms with Gasteiger partial charge < -0.3 is 19.9 Å². The lowest BCUT2D eigenvalue weighted by Gasteiger charge is -2.40. The number of ether oxygens (including phenoxy) is 1. The molecule has 1 aliphatic heterocycles. The van der Waals surface area contributed by atoms with Crippen molar-refractivity contribution >= 4 is 5.91 Å². The maximum absolute atomic E-state index is 12.9. The van der Waals surface area contributed by atoms with E-state index in [4.69, 9.17) is 4.74 Å². The van der Waals surface area contributed by atoms with Gasteiger partial charge in [0, 0.05) is 42.5 Å². The molecule has 3 aromatic rings. The largest absolute Gasteiger partial charge is 0.471 e. The summed E-state index contributed by atoms with van der Waals surface area (Å²) in [4.78, 5) is 16.3. The van der Waals surface area contributed by atoms with Crippen molar-refractivity contribution < 1.29 is 27.2 Å². The Morgan fingerprint density at radius 3 is 2.53 bits per heavy atom. The van der Waals surface area contributed by atoms with Gasteiger partial charge in [-0.25, -0.2) is 0 Å². The van der Waals surface area contributed by atoms with Crippen LogP contribution in [0.2, 0.25) is 0 Å². The van der Waals surface area contributed by atoms with Crippen molar-refractivity contribution in [2.24, 2.45) is 0 Å². The summed E-state index contributed by atoms with van der Waals surface area (Å²) in [5, 5.41) is 10.0. The molecule has 7 nitrogen and oxygen atoms in total. The fraction of sp³-hybridized carbons (Fsp3) is 0.375. The molecule has 0 saturated carbocycles. The number of nitrogens with one attached hydrogen (secondary N) is 2. The first-order valence-corrected chi connectivity index (χ1v) is 11.0. The second kappa shape index (κ2) is 9.94. The van der Waals surface area contributed by atoms with Gasteiger partial charge in [0.05, 0.1) is 0 Å². The van der Waals surface area contributed by atoms with E-state index >= 15 is 0 Å². The summed E-state index contributed by atoms with van der Waals surface area (Å²) in [5.74, 6) is -2.01. The highest BCUT2D eigenvalue weighted by Gasteiger charge is 2.38. The van der Waals surface area contributed by atoms with Crippen LogP contribution in [0, 0.1) is 0 Å². The molecule has 1 aromatic heterocycles. The molecule has 2 heterocycles. The molecule has 4 rings (SSSR count). The van der Waals surface area contributed by atoms with Crippen LogP contribution in [0.1, 0.15) is 47.6 Å². The second-order valence-electron chi connectivity index (χ2n) is 8.35. The summed E-state index contributed by atoms with van der Waals surface area (Å²) in [5.41, 5.74) is 1.33. The summed E-state index contributed by atoms with van der Waals surface area (Å²) in [6, 6.07) is 16.2. The number of halogens is 3. The molecule has 0 spiro atoms. The van der Waals surface area contributed by atoms with Crippen LogP contribution in [0.4, 0.5) is 13.2 Å². The Morgan fingerprint density at radius 1 is 1.12 bits per heavy atom. The number of benzene rings is 2. The number of carbonyl (C=O) groups excluding carboxylic acids is 1. The van der Waals surface area contributed by atoms with E-state index in [-0.39, 0.29) is 34.4 Å². The lowest BCUT2D eigenvalue weighted by atomic mass is 9.88. The Kier molecular flexibility index (Phi) is 6.99. The predicted molar refractivity (Wildman–Crippen MR) is 118 cm³/mol. The molecule has 10 heteroatoms. The molecule has 2 aromatic carbocycles. The van der Waals surface area contributed by atoms with E-state index in [0.29, 0.717) is 19.8 Å². The van der Waals surface area contributed by atoms with E-state index in [1.54, 1.807) is 12.1 Å². The maximum Gasteiger partial charge on any atom is 0.471 e. The van der Waals surface area contributed by atoms with Gasteiger partial charge >= 0.3 is 12.1 Å². The molecule has 1 aliphatic rings. The van der Waals surface area contributed by atoms with E-state index in [2.05, 4.69) is 44.4 Å². The molecule has 1 amide bonds. The van der Waals surface area contributed by atoms with Crippen LogP contribution in [-0.2, 0) is 10.9 Å². The normalized spacial score (nSPS) is 16.7. The first-order chi connectivity index (χ1) is 16.3. The minimum atomic E-state index is -4.73. The zero-order valence-corrected chi connectivity index (χ0v) is 18.6. The van der Waals surface area contributed by atoms with Crippen LogP contribution in [0.5, 0.6) is 0 Å². The minimum Gasteiger partial charge on any atom is -0.381 e. The van der Waals surface area contributed by atoms with E-state index in [0.717, 1.165) is 18.4 Å². The van der Waals surface area contributed by atoms with Crippen molar-refractivity contribution in [3.05, 3.63) is 71.6 Å². The van der Waals surface area contributed by atoms with E-state index in [1.807, 2.05) is 18.2 Å². The van der Waals surface area contributed by atoms with Gasteiger partial charge in [-0.3, -0.25) is 4.79 Å². The fourth-order valence-electron chi connectivity index (χ4n) is 4.03. The third-order valence-corrected chi connectivity index (χ3v) is 5.91. The predicted octanol–water partition coefficient (Wildman–Crippen LogP) is 4.39. The molecule has 1 saturated heterocycles. The number of aromatic nitrogens is 2. The summed E-state index contributed by atoms with van der Waals surface area (Å²) >= 11 is 0. The lowest BCUT2D eigenvalue weighted by molar-refractivity contribution is -0.159.